The van der Waals surface area contributed by atoms with Gasteiger partial charge in [-0.25, -0.2) is 17.9 Å². The minimum atomic E-state index is -3.90. The number of H-pyrrole nitrogens is 1. The van der Waals surface area contributed by atoms with Gasteiger partial charge in [-0.1, -0.05) is 0 Å². The number of carbonyl (C=O) groups is 1. The van der Waals surface area contributed by atoms with Crippen LogP contribution >= 0.6 is 0 Å². The van der Waals surface area contributed by atoms with Gasteiger partial charge >= 0.3 is 5.97 Å². The van der Waals surface area contributed by atoms with E-state index in [1.807, 2.05) is 25.9 Å². The highest BCUT2D eigenvalue weighted by Crippen LogP contribution is 2.17. The first-order valence-electron chi connectivity index (χ1n) is 5.61. The van der Waals surface area contributed by atoms with Crippen molar-refractivity contribution in [3.05, 3.63) is 11.4 Å². The predicted molar refractivity (Wildman–Crippen MR) is 68.6 cm³/mol. The fraction of sp³-hybridized carbons (Fsp3) is 0.600. The Kier molecular flexibility index (Phi) is 4.66. The number of nitrogens with one attached hydrogen (secondary N) is 2. The van der Waals surface area contributed by atoms with Crippen molar-refractivity contribution in [3.63, 3.8) is 0 Å². The van der Waals surface area contributed by atoms with Crippen LogP contribution in [0.1, 0.15) is 23.1 Å². The molecule has 0 aliphatic carbocycles. The second kappa shape index (κ2) is 5.68. The third-order valence-electron chi connectivity index (χ3n) is 2.81. The topological polar surface area (TPSA) is 115 Å². The number of hydrogen-bond donors (Lipinski definition) is 3. The van der Waals surface area contributed by atoms with Crippen LogP contribution in [0.25, 0.3) is 0 Å². The summed E-state index contributed by atoms with van der Waals surface area (Å²) in [5, 5.41) is 14.8. The molecule has 0 radical (unpaired) electrons. The molecule has 9 heteroatoms. The fourth-order valence-electron chi connectivity index (χ4n) is 1.38. The number of nitrogens with zero attached hydrogens (tertiary/aromatic N) is 2. The molecule has 3 N–H and O–H groups in total. The molecule has 1 atom stereocenters. The van der Waals surface area contributed by atoms with Gasteiger partial charge in [0.15, 0.2) is 5.69 Å². The molecule has 0 fully saturated rings. The van der Waals surface area contributed by atoms with E-state index < -0.39 is 21.7 Å². The van der Waals surface area contributed by atoms with E-state index >= 15 is 0 Å². The average Bonchev–Trinajstić information content (AvgIpc) is 2.68. The highest BCUT2D eigenvalue weighted by atomic mass is 32.2. The average molecular weight is 290 g/mol. The SMILES string of the molecule is Cc1[nH]nc(C(=O)O)c1S(=O)(=O)NCC(C)N(C)C. The van der Waals surface area contributed by atoms with Crippen LogP contribution in [-0.4, -0.2) is 61.3 Å². The van der Waals surface area contributed by atoms with Gasteiger partial charge in [0.2, 0.25) is 10.0 Å². The lowest BCUT2D eigenvalue weighted by Gasteiger charge is -2.19. The Balaban J connectivity index is 3.01. The molecular weight excluding hydrogens is 272 g/mol. The van der Waals surface area contributed by atoms with Crippen molar-refractivity contribution in [3.8, 4) is 0 Å². The summed E-state index contributed by atoms with van der Waals surface area (Å²) in [5.74, 6) is -1.38. The van der Waals surface area contributed by atoms with Crippen LogP contribution in [-0.2, 0) is 10.0 Å². The predicted octanol–water partition coefficient (Wildman–Crippen LogP) is -0.355. The molecule has 0 saturated carbocycles. The van der Waals surface area contributed by atoms with E-state index in [-0.39, 0.29) is 23.2 Å². The fourth-order valence-corrected chi connectivity index (χ4v) is 2.82. The summed E-state index contributed by atoms with van der Waals surface area (Å²) in [6, 6.07) is -0.0183. The van der Waals surface area contributed by atoms with E-state index in [0.717, 1.165) is 0 Å². The Hall–Kier alpha value is -1.45. The first kappa shape index (κ1) is 15.6. The molecule has 0 bridgehead atoms. The molecule has 0 amide bonds. The van der Waals surface area contributed by atoms with Gasteiger partial charge in [0, 0.05) is 12.6 Å². The summed E-state index contributed by atoms with van der Waals surface area (Å²) >= 11 is 0. The van der Waals surface area contributed by atoms with Gasteiger partial charge in [-0.2, -0.15) is 5.10 Å². The highest BCUT2D eigenvalue weighted by molar-refractivity contribution is 7.89. The number of sulfonamides is 1. The van der Waals surface area contributed by atoms with Crippen LogP contribution in [0.3, 0.4) is 0 Å². The molecule has 19 heavy (non-hydrogen) atoms. The van der Waals surface area contributed by atoms with Crippen LogP contribution in [0.5, 0.6) is 0 Å². The Morgan fingerprint density at radius 2 is 2.11 bits per heavy atom. The summed E-state index contributed by atoms with van der Waals surface area (Å²) in [7, 11) is -0.255. The third kappa shape index (κ3) is 3.52. The van der Waals surface area contributed by atoms with Gasteiger partial charge in [0.25, 0.3) is 0 Å². The number of aromatic nitrogens is 2. The van der Waals surface area contributed by atoms with Crippen molar-refractivity contribution < 1.29 is 18.3 Å². The van der Waals surface area contributed by atoms with Crippen molar-refractivity contribution in [2.45, 2.75) is 24.8 Å². The van der Waals surface area contributed by atoms with Gasteiger partial charge < -0.3 is 10.0 Å². The number of aromatic carboxylic acids is 1. The second-order valence-corrected chi connectivity index (χ2v) is 6.20. The van der Waals surface area contributed by atoms with Crippen molar-refractivity contribution >= 4 is 16.0 Å². The minimum Gasteiger partial charge on any atom is -0.476 e. The minimum absolute atomic E-state index is 0.0183. The molecule has 8 nitrogen and oxygen atoms in total. The van der Waals surface area contributed by atoms with E-state index in [9.17, 15) is 13.2 Å². The second-order valence-electron chi connectivity index (χ2n) is 4.50. The zero-order valence-corrected chi connectivity index (χ0v) is 12.1. The molecule has 0 aliphatic rings. The smallest absolute Gasteiger partial charge is 0.357 e. The molecule has 1 aromatic heterocycles. The summed E-state index contributed by atoms with van der Waals surface area (Å²) in [6.45, 7) is 3.49. The molecule has 0 spiro atoms. The lowest BCUT2D eigenvalue weighted by molar-refractivity contribution is 0.0686. The van der Waals surface area contributed by atoms with Crippen molar-refractivity contribution in [1.29, 1.82) is 0 Å². The maximum Gasteiger partial charge on any atom is 0.357 e. The molecule has 1 rings (SSSR count). The van der Waals surface area contributed by atoms with Gasteiger partial charge in [0.1, 0.15) is 4.90 Å². The maximum absolute atomic E-state index is 12.1. The molecule has 1 aromatic rings. The van der Waals surface area contributed by atoms with Gasteiger partial charge in [-0.05, 0) is 27.9 Å². The molecule has 0 aromatic carbocycles. The molecule has 1 heterocycles. The molecule has 0 aliphatic heterocycles. The van der Waals surface area contributed by atoms with Crippen LogP contribution < -0.4 is 4.72 Å². The molecule has 108 valence electrons. The summed E-state index contributed by atoms with van der Waals surface area (Å²) < 4.78 is 26.6. The van der Waals surface area contributed by atoms with E-state index in [1.54, 1.807) is 0 Å². The quantitative estimate of drug-likeness (QED) is 0.659. The van der Waals surface area contributed by atoms with Crippen LogP contribution in [0.4, 0.5) is 0 Å². The van der Waals surface area contributed by atoms with E-state index in [2.05, 4.69) is 14.9 Å². The van der Waals surface area contributed by atoms with E-state index in [0.29, 0.717) is 0 Å². The largest absolute Gasteiger partial charge is 0.476 e. The van der Waals surface area contributed by atoms with Gasteiger partial charge in [-0.15, -0.1) is 0 Å². The number of aryl methyl sites for hydroxylation is 1. The summed E-state index contributed by atoms with van der Waals surface area (Å²) in [6.07, 6.45) is 0. The number of carboxylic acids is 1. The highest BCUT2D eigenvalue weighted by Gasteiger charge is 2.28. The van der Waals surface area contributed by atoms with Gasteiger partial charge in [0.05, 0.1) is 5.69 Å². The summed E-state index contributed by atoms with van der Waals surface area (Å²) in [4.78, 5) is 12.5. The molecule has 0 saturated heterocycles. The van der Waals surface area contributed by atoms with Crippen LogP contribution in [0, 0.1) is 6.92 Å². The standard InChI is InChI=1S/C10H18N4O4S/c1-6(14(3)4)5-11-19(17,18)9-7(2)12-13-8(9)10(15)16/h6,11H,5H2,1-4H3,(H,12,13)(H,15,16). The Morgan fingerprint density at radius 3 is 2.58 bits per heavy atom. The molecule has 1 unspecified atom stereocenters. The number of aromatic amines is 1. The monoisotopic (exact) mass is 290 g/mol. The van der Waals surface area contributed by atoms with E-state index in [1.165, 1.54) is 6.92 Å². The Bertz CT molecular complexity index is 564. The number of rotatable bonds is 6. The Labute approximate surface area is 111 Å². The van der Waals surface area contributed by atoms with E-state index in [4.69, 9.17) is 5.11 Å². The zero-order chi connectivity index (χ0) is 14.8. The Morgan fingerprint density at radius 1 is 1.53 bits per heavy atom. The zero-order valence-electron chi connectivity index (χ0n) is 11.3. The normalized spacial score (nSPS) is 13.7. The number of likely N-dealkylation sites (N-methyl/N-ethyl adjacent to an activating group) is 1. The van der Waals surface area contributed by atoms with Crippen molar-refractivity contribution in [2.24, 2.45) is 0 Å². The third-order valence-corrected chi connectivity index (χ3v) is 4.40. The number of hydrogen-bond acceptors (Lipinski definition) is 5. The first-order valence-corrected chi connectivity index (χ1v) is 7.09. The lowest BCUT2D eigenvalue weighted by atomic mass is 10.3. The lowest BCUT2D eigenvalue weighted by Crippen LogP contribution is -2.38. The molecular formula is C10H18N4O4S. The number of carboxylic acid groups (broad SMARTS) is 1. The van der Waals surface area contributed by atoms with Crippen molar-refractivity contribution in [1.82, 2.24) is 19.8 Å². The summed E-state index contributed by atoms with van der Waals surface area (Å²) in [5.41, 5.74) is -0.301. The maximum atomic E-state index is 12.1. The van der Waals surface area contributed by atoms with Gasteiger partial charge in [-0.3, -0.25) is 5.10 Å². The first-order chi connectivity index (χ1) is 8.66. The van der Waals surface area contributed by atoms with Crippen LogP contribution in [0.2, 0.25) is 0 Å². The van der Waals surface area contributed by atoms with Crippen LogP contribution in [0.15, 0.2) is 4.90 Å². The van der Waals surface area contributed by atoms with Crippen molar-refractivity contribution in [2.75, 3.05) is 20.6 Å².